The van der Waals surface area contributed by atoms with Crippen molar-refractivity contribution in [2.75, 3.05) is 58.9 Å². The van der Waals surface area contributed by atoms with E-state index in [-0.39, 0.29) is 5.91 Å². The maximum Gasteiger partial charge on any atom is 0.219 e. The van der Waals surface area contributed by atoms with Crippen LogP contribution in [0.1, 0.15) is 31.7 Å². The number of carbonyl (C=O) groups is 1. The highest BCUT2D eigenvalue weighted by molar-refractivity contribution is 5.80. The molecule has 1 amide bonds. The van der Waals surface area contributed by atoms with Gasteiger partial charge in [-0.05, 0) is 18.9 Å². The highest BCUT2D eigenvalue weighted by atomic mass is 16.2. The fourth-order valence-corrected chi connectivity index (χ4v) is 3.89. The Bertz CT molecular complexity index is 648. The van der Waals surface area contributed by atoms with E-state index < -0.39 is 0 Å². The van der Waals surface area contributed by atoms with E-state index in [1.165, 1.54) is 5.56 Å². The van der Waals surface area contributed by atoms with Gasteiger partial charge in [-0.3, -0.25) is 19.4 Å². The summed E-state index contributed by atoms with van der Waals surface area (Å²) in [7, 11) is 1.97. The van der Waals surface area contributed by atoms with Crippen molar-refractivity contribution in [2.24, 2.45) is 12.0 Å². The Morgan fingerprint density at radius 3 is 2.67 bits per heavy atom. The summed E-state index contributed by atoms with van der Waals surface area (Å²) in [6.07, 6.45) is 5.25. The van der Waals surface area contributed by atoms with Gasteiger partial charge in [-0.2, -0.15) is 5.10 Å². The molecule has 0 radical (unpaired) electrons. The van der Waals surface area contributed by atoms with Crippen LogP contribution in [0, 0.1) is 0 Å². The third-order valence-electron chi connectivity index (χ3n) is 5.51. The normalized spacial score (nSPS) is 21.7. The third kappa shape index (κ3) is 5.22. The fraction of sp³-hybridized carbons (Fsp3) is 0.737. The standard InChI is InChI=1S/C19H33N7O/c1-4-20-19(21-6-8-24-9-11-25(12-10-24)16(2)27)26-7-5-17(15-26)18-13-22-23(3)14-18/h13-14,17H,4-12,15H2,1-3H3,(H,20,21). The van der Waals surface area contributed by atoms with E-state index in [0.29, 0.717) is 5.92 Å². The molecule has 1 aromatic rings. The maximum absolute atomic E-state index is 11.4. The summed E-state index contributed by atoms with van der Waals surface area (Å²) in [5.41, 5.74) is 1.32. The summed E-state index contributed by atoms with van der Waals surface area (Å²) in [4.78, 5) is 23.0. The number of nitrogens with one attached hydrogen (secondary N) is 1. The second-order valence-electron chi connectivity index (χ2n) is 7.46. The zero-order valence-electron chi connectivity index (χ0n) is 16.9. The zero-order valence-corrected chi connectivity index (χ0v) is 16.9. The lowest BCUT2D eigenvalue weighted by Crippen LogP contribution is -2.48. The lowest BCUT2D eigenvalue weighted by atomic mass is 10.0. The predicted octanol–water partition coefficient (Wildman–Crippen LogP) is 0.339. The summed E-state index contributed by atoms with van der Waals surface area (Å²) >= 11 is 0. The molecule has 3 heterocycles. The van der Waals surface area contributed by atoms with E-state index in [9.17, 15) is 4.79 Å². The number of aliphatic imine (C=N–C) groups is 1. The van der Waals surface area contributed by atoms with Gasteiger partial charge in [0.15, 0.2) is 5.96 Å². The molecule has 0 aliphatic carbocycles. The van der Waals surface area contributed by atoms with Crippen molar-refractivity contribution in [1.29, 1.82) is 0 Å². The first-order chi connectivity index (χ1) is 13.1. The zero-order chi connectivity index (χ0) is 19.2. The van der Waals surface area contributed by atoms with E-state index in [1.54, 1.807) is 6.92 Å². The van der Waals surface area contributed by atoms with E-state index in [1.807, 2.05) is 22.8 Å². The highest BCUT2D eigenvalue weighted by Gasteiger charge is 2.27. The van der Waals surface area contributed by atoms with Crippen LogP contribution in [-0.2, 0) is 11.8 Å². The lowest BCUT2D eigenvalue weighted by molar-refractivity contribution is -0.130. The van der Waals surface area contributed by atoms with Crippen molar-refractivity contribution >= 4 is 11.9 Å². The van der Waals surface area contributed by atoms with Gasteiger partial charge in [-0.15, -0.1) is 0 Å². The Hall–Kier alpha value is -2.09. The number of aryl methyl sites for hydroxylation is 1. The number of guanidine groups is 1. The number of aromatic nitrogens is 2. The molecular formula is C19H33N7O. The van der Waals surface area contributed by atoms with Gasteiger partial charge >= 0.3 is 0 Å². The molecule has 1 atom stereocenters. The van der Waals surface area contributed by atoms with Crippen LogP contribution in [0.5, 0.6) is 0 Å². The van der Waals surface area contributed by atoms with Crippen LogP contribution in [0.3, 0.4) is 0 Å². The van der Waals surface area contributed by atoms with Crippen LogP contribution in [0.15, 0.2) is 17.4 Å². The van der Waals surface area contributed by atoms with Crippen molar-refractivity contribution in [3.8, 4) is 0 Å². The number of likely N-dealkylation sites (tertiary alicyclic amines) is 1. The topological polar surface area (TPSA) is 69.0 Å². The number of hydrogen-bond acceptors (Lipinski definition) is 4. The molecule has 2 aliphatic heterocycles. The van der Waals surface area contributed by atoms with Crippen molar-refractivity contribution in [2.45, 2.75) is 26.2 Å². The van der Waals surface area contributed by atoms with E-state index in [0.717, 1.165) is 71.3 Å². The smallest absolute Gasteiger partial charge is 0.219 e. The minimum absolute atomic E-state index is 0.180. The molecule has 2 saturated heterocycles. The first kappa shape index (κ1) is 19.7. The lowest BCUT2D eigenvalue weighted by Gasteiger charge is -2.33. The van der Waals surface area contributed by atoms with Gasteiger partial charge < -0.3 is 15.1 Å². The molecule has 8 heteroatoms. The SMILES string of the molecule is CCNC(=NCCN1CCN(C(C)=O)CC1)N1CCC(c2cnn(C)c2)C1. The quantitative estimate of drug-likeness (QED) is 0.594. The summed E-state index contributed by atoms with van der Waals surface area (Å²) in [5, 5.41) is 7.75. The number of piperazine rings is 1. The Kier molecular flexibility index (Phi) is 6.71. The van der Waals surface area contributed by atoms with Crippen LogP contribution in [0.2, 0.25) is 0 Å². The average Bonchev–Trinajstić information content (AvgIpc) is 3.30. The van der Waals surface area contributed by atoms with Crippen molar-refractivity contribution < 1.29 is 4.79 Å². The molecule has 2 aliphatic rings. The summed E-state index contributed by atoms with van der Waals surface area (Å²) in [6, 6.07) is 0. The molecule has 1 unspecified atom stereocenters. The number of rotatable bonds is 5. The largest absolute Gasteiger partial charge is 0.357 e. The van der Waals surface area contributed by atoms with Gasteiger partial charge in [-0.1, -0.05) is 0 Å². The van der Waals surface area contributed by atoms with Crippen LogP contribution in [0.25, 0.3) is 0 Å². The summed E-state index contributed by atoms with van der Waals surface area (Å²) < 4.78 is 1.88. The first-order valence-corrected chi connectivity index (χ1v) is 10.1. The number of hydrogen-bond donors (Lipinski definition) is 1. The molecule has 3 rings (SSSR count). The van der Waals surface area contributed by atoms with Gasteiger partial charge in [-0.25, -0.2) is 0 Å². The monoisotopic (exact) mass is 375 g/mol. The fourth-order valence-electron chi connectivity index (χ4n) is 3.89. The number of carbonyl (C=O) groups excluding carboxylic acids is 1. The Morgan fingerprint density at radius 1 is 1.26 bits per heavy atom. The molecular weight excluding hydrogens is 342 g/mol. The first-order valence-electron chi connectivity index (χ1n) is 10.1. The van der Waals surface area contributed by atoms with E-state index >= 15 is 0 Å². The molecule has 1 N–H and O–H groups in total. The van der Waals surface area contributed by atoms with Gasteiger partial charge in [0.25, 0.3) is 0 Å². The summed E-state index contributed by atoms with van der Waals surface area (Å²) in [6.45, 7) is 12.0. The third-order valence-corrected chi connectivity index (χ3v) is 5.51. The van der Waals surface area contributed by atoms with Crippen LogP contribution in [-0.4, -0.2) is 95.2 Å². The van der Waals surface area contributed by atoms with Gasteiger partial charge in [0.2, 0.25) is 5.91 Å². The Labute approximate surface area is 162 Å². The molecule has 0 saturated carbocycles. The number of nitrogens with zero attached hydrogens (tertiary/aromatic N) is 6. The molecule has 1 aromatic heterocycles. The molecule has 8 nitrogen and oxygen atoms in total. The second-order valence-corrected chi connectivity index (χ2v) is 7.46. The molecule has 0 spiro atoms. The molecule has 0 aromatic carbocycles. The van der Waals surface area contributed by atoms with Crippen molar-refractivity contribution in [3.63, 3.8) is 0 Å². The van der Waals surface area contributed by atoms with Crippen LogP contribution < -0.4 is 5.32 Å². The molecule has 2 fully saturated rings. The average molecular weight is 376 g/mol. The maximum atomic E-state index is 11.4. The summed E-state index contributed by atoms with van der Waals surface area (Å²) in [5.74, 6) is 1.73. The minimum Gasteiger partial charge on any atom is -0.357 e. The van der Waals surface area contributed by atoms with Gasteiger partial charge in [0, 0.05) is 78.4 Å². The highest BCUT2D eigenvalue weighted by Crippen LogP contribution is 2.26. The minimum atomic E-state index is 0.180. The number of amides is 1. The Morgan fingerprint density at radius 2 is 2.04 bits per heavy atom. The molecule has 0 bridgehead atoms. The van der Waals surface area contributed by atoms with Gasteiger partial charge in [0.05, 0.1) is 12.7 Å². The van der Waals surface area contributed by atoms with Gasteiger partial charge in [0.1, 0.15) is 0 Å². The van der Waals surface area contributed by atoms with E-state index in [2.05, 4.69) is 33.3 Å². The predicted molar refractivity (Wildman–Crippen MR) is 107 cm³/mol. The Balaban J connectivity index is 1.49. The van der Waals surface area contributed by atoms with Crippen molar-refractivity contribution in [3.05, 3.63) is 18.0 Å². The molecule has 27 heavy (non-hydrogen) atoms. The second kappa shape index (κ2) is 9.21. The molecule has 150 valence electrons. The van der Waals surface area contributed by atoms with Crippen LogP contribution in [0.4, 0.5) is 0 Å². The van der Waals surface area contributed by atoms with Crippen molar-refractivity contribution in [1.82, 2.24) is 29.8 Å². The van der Waals surface area contributed by atoms with E-state index in [4.69, 9.17) is 4.99 Å². The van der Waals surface area contributed by atoms with Crippen LogP contribution >= 0.6 is 0 Å².